The molecular formula is C36H54O3. The van der Waals surface area contributed by atoms with Gasteiger partial charge in [-0.3, -0.25) is 0 Å². The Labute approximate surface area is 238 Å². The third-order valence-electron chi connectivity index (χ3n) is 13.9. The van der Waals surface area contributed by atoms with E-state index in [4.69, 9.17) is 9.47 Å². The van der Waals surface area contributed by atoms with Crippen LogP contribution >= 0.6 is 0 Å². The molecule has 1 aromatic carbocycles. The number of fused-ring (bicyclic) bond motifs is 4. The van der Waals surface area contributed by atoms with E-state index in [0.717, 1.165) is 42.4 Å². The Morgan fingerprint density at radius 2 is 1.77 bits per heavy atom. The number of ether oxygens (including phenoxy) is 2. The molecule has 6 rings (SSSR count). The number of methoxy groups -OCH3 is 1. The standard InChI is InChI=1S/C36H54O3/c1-7-35-20-18-29-27(21-32(38-6)36-22-26(36)17-19-34(29,36)5)30(35)15-14-28(35)24(4)13-16-31(23(2)3)39-33(37)25-11-9-8-10-12-25/h8-12,23-24,26-32H,7,13-22H2,1-6H3/t24-,26?,27-,28-,29+,30+,31?,32-,34-,35-,36+/m1/s1. The second-order valence-electron chi connectivity index (χ2n) is 15.2. The average Bonchev–Trinajstić information content (AvgIpc) is 3.42. The largest absolute Gasteiger partial charge is 0.459 e. The van der Waals surface area contributed by atoms with E-state index in [0.29, 0.717) is 39.7 Å². The molecule has 1 aromatic rings. The minimum atomic E-state index is -0.174. The molecule has 3 heteroatoms. The summed E-state index contributed by atoms with van der Waals surface area (Å²) in [7, 11) is 2.01. The summed E-state index contributed by atoms with van der Waals surface area (Å²) in [6, 6.07) is 9.49. The van der Waals surface area contributed by atoms with Crippen molar-refractivity contribution >= 4 is 5.97 Å². The molecule has 3 nitrogen and oxygen atoms in total. The molecule has 5 aliphatic carbocycles. The van der Waals surface area contributed by atoms with Crippen molar-refractivity contribution in [2.24, 2.45) is 57.7 Å². The minimum Gasteiger partial charge on any atom is -0.459 e. The molecule has 2 unspecified atom stereocenters. The van der Waals surface area contributed by atoms with E-state index in [-0.39, 0.29) is 12.1 Å². The first kappa shape index (κ1) is 27.8. The summed E-state index contributed by atoms with van der Waals surface area (Å²) in [6.45, 7) is 12.1. The third kappa shape index (κ3) is 4.10. The maximum absolute atomic E-state index is 12.8. The van der Waals surface area contributed by atoms with Crippen LogP contribution in [0, 0.1) is 57.7 Å². The lowest BCUT2D eigenvalue weighted by molar-refractivity contribution is -0.164. The zero-order valence-corrected chi connectivity index (χ0v) is 25.6. The fourth-order valence-corrected chi connectivity index (χ4v) is 11.9. The summed E-state index contributed by atoms with van der Waals surface area (Å²) < 4.78 is 12.4. The van der Waals surface area contributed by atoms with Crippen LogP contribution in [0.15, 0.2) is 30.3 Å². The molecule has 11 atom stereocenters. The van der Waals surface area contributed by atoms with Crippen LogP contribution in [0.25, 0.3) is 0 Å². The smallest absolute Gasteiger partial charge is 0.338 e. The van der Waals surface area contributed by atoms with E-state index in [1.54, 1.807) is 0 Å². The first-order valence-corrected chi connectivity index (χ1v) is 16.5. The summed E-state index contributed by atoms with van der Waals surface area (Å²) in [5, 5.41) is 0. The van der Waals surface area contributed by atoms with Gasteiger partial charge in [-0.05, 0) is 135 Å². The van der Waals surface area contributed by atoms with Gasteiger partial charge in [-0.25, -0.2) is 4.79 Å². The van der Waals surface area contributed by atoms with E-state index < -0.39 is 0 Å². The second-order valence-corrected chi connectivity index (χ2v) is 15.2. The summed E-state index contributed by atoms with van der Waals surface area (Å²) >= 11 is 0. The van der Waals surface area contributed by atoms with Crippen molar-refractivity contribution in [1.29, 1.82) is 0 Å². The van der Waals surface area contributed by atoms with Gasteiger partial charge in [0.2, 0.25) is 0 Å². The average molecular weight is 535 g/mol. The molecule has 216 valence electrons. The topological polar surface area (TPSA) is 35.5 Å². The van der Waals surface area contributed by atoms with Gasteiger partial charge < -0.3 is 9.47 Å². The lowest BCUT2D eigenvalue weighted by atomic mass is 9.44. The van der Waals surface area contributed by atoms with Crippen molar-refractivity contribution < 1.29 is 14.3 Å². The van der Waals surface area contributed by atoms with Crippen molar-refractivity contribution in [3.05, 3.63) is 35.9 Å². The highest BCUT2D eigenvalue weighted by Crippen LogP contribution is 2.82. The van der Waals surface area contributed by atoms with E-state index in [1.165, 1.54) is 57.8 Å². The second kappa shape index (κ2) is 10.2. The van der Waals surface area contributed by atoms with Crippen molar-refractivity contribution in [3.8, 4) is 0 Å². The monoisotopic (exact) mass is 534 g/mol. The molecule has 39 heavy (non-hydrogen) atoms. The van der Waals surface area contributed by atoms with Gasteiger partial charge >= 0.3 is 5.97 Å². The first-order valence-electron chi connectivity index (χ1n) is 16.5. The highest BCUT2D eigenvalue weighted by Gasteiger charge is 2.77. The van der Waals surface area contributed by atoms with E-state index in [9.17, 15) is 4.79 Å². The Hall–Kier alpha value is -1.35. The van der Waals surface area contributed by atoms with Crippen LogP contribution < -0.4 is 0 Å². The molecule has 0 amide bonds. The zero-order valence-electron chi connectivity index (χ0n) is 25.6. The molecule has 0 bridgehead atoms. The molecule has 0 radical (unpaired) electrons. The molecule has 0 aromatic heterocycles. The number of benzene rings is 1. The lowest BCUT2D eigenvalue weighted by Crippen LogP contribution is -2.57. The fraction of sp³-hybridized carbons (Fsp3) is 0.806. The molecule has 1 spiro atoms. The lowest BCUT2D eigenvalue weighted by Gasteiger charge is -2.61. The van der Waals surface area contributed by atoms with Crippen molar-refractivity contribution in [1.82, 2.24) is 0 Å². The summed E-state index contributed by atoms with van der Waals surface area (Å²) in [5.41, 5.74) is 2.19. The van der Waals surface area contributed by atoms with Crippen LogP contribution in [-0.2, 0) is 9.47 Å². The molecular weight excluding hydrogens is 480 g/mol. The van der Waals surface area contributed by atoms with E-state index in [1.807, 2.05) is 37.4 Å². The fourth-order valence-electron chi connectivity index (χ4n) is 11.9. The molecule has 5 aliphatic rings. The van der Waals surface area contributed by atoms with Crippen LogP contribution in [0.4, 0.5) is 0 Å². The Morgan fingerprint density at radius 1 is 1.00 bits per heavy atom. The zero-order chi connectivity index (χ0) is 27.6. The predicted molar refractivity (Wildman–Crippen MR) is 157 cm³/mol. The van der Waals surface area contributed by atoms with Crippen molar-refractivity contribution in [2.75, 3.05) is 7.11 Å². The quantitative estimate of drug-likeness (QED) is 0.297. The maximum atomic E-state index is 12.8. The molecule has 0 N–H and O–H groups in total. The molecule has 0 heterocycles. The number of hydrogen-bond donors (Lipinski definition) is 0. The Kier molecular flexibility index (Phi) is 7.26. The SMILES string of the molecule is CC[C@]12CC[C@H]3[C@@H](C[C@@H](OC)[C@]45CC4CC[C@]35C)[C@@H]1CC[C@@H]2[C@H](C)CCC(OC(=O)c1ccccc1)C(C)C. The van der Waals surface area contributed by atoms with E-state index >= 15 is 0 Å². The number of carbonyl (C=O) groups is 1. The summed E-state index contributed by atoms with van der Waals surface area (Å²) in [4.78, 5) is 12.8. The van der Waals surface area contributed by atoms with Crippen LogP contribution in [0.3, 0.4) is 0 Å². The van der Waals surface area contributed by atoms with Gasteiger partial charge in [-0.1, -0.05) is 52.8 Å². The summed E-state index contributed by atoms with van der Waals surface area (Å²) in [6.07, 6.45) is 15.3. The first-order chi connectivity index (χ1) is 18.7. The predicted octanol–water partition coefficient (Wildman–Crippen LogP) is 8.96. The van der Waals surface area contributed by atoms with Crippen LogP contribution in [0.5, 0.6) is 0 Å². The van der Waals surface area contributed by atoms with E-state index in [2.05, 4.69) is 34.6 Å². The van der Waals surface area contributed by atoms with Crippen LogP contribution in [0.2, 0.25) is 0 Å². The van der Waals surface area contributed by atoms with Crippen molar-refractivity contribution in [3.63, 3.8) is 0 Å². The molecule has 0 saturated heterocycles. The number of hydrogen-bond acceptors (Lipinski definition) is 3. The number of carbonyl (C=O) groups excluding carboxylic acids is 1. The minimum absolute atomic E-state index is 0.0172. The number of rotatable bonds is 9. The normalized spacial score (nSPS) is 43.7. The molecule has 5 saturated carbocycles. The molecule has 0 aliphatic heterocycles. The van der Waals surface area contributed by atoms with Gasteiger partial charge in [-0.2, -0.15) is 0 Å². The van der Waals surface area contributed by atoms with Gasteiger partial charge in [-0.15, -0.1) is 0 Å². The highest BCUT2D eigenvalue weighted by molar-refractivity contribution is 5.89. The maximum Gasteiger partial charge on any atom is 0.338 e. The number of esters is 1. The Bertz CT molecular complexity index is 1030. The van der Waals surface area contributed by atoms with Gasteiger partial charge in [0.25, 0.3) is 0 Å². The van der Waals surface area contributed by atoms with Crippen LogP contribution in [0.1, 0.15) is 116 Å². The van der Waals surface area contributed by atoms with Gasteiger partial charge in [0.05, 0.1) is 11.7 Å². The van der Waals surface area contributed by atoms with Crippen molar-refractivity contribution in [2.45, 2.75) is 117 Å². The van der Waals surface area contributed by atoms with Gasteiger partial charge in [0, 0.05) is 12.5 Å². The Balaban J connectivity index is 1.15. The summed E-state index contributed by atoms with van der Waals surface area (Å²) in [5.74, 6) is 5.22. The van der Waals surface area contributed by atoms with Gasteiger partial charge in [0.1, 0.15) is 6.10 Å². The van der Waals surface area contributed by atoms with Gasteiger partial charge in [0.15, 0.2) is 0 Å². The highest BCUT2D eigenvalue weighted by atomic mass is 16.5. The third-order valence-corrected chi connectivity index (χ3v) is 13.9. The van der Waals surface area contributed by atoms with Crippen LogP contribution in [-0.4, -0.2) is 25.3 Å². The molecule has 5 fully saturated rings. The Morgan fingerprint density at radius 3 is 2.44 bits per heavy atom.